The third kappa shape index (κ3) is 14.4. The van der Waals surface area contributed by atoms with Crippen LogP contribution in [0.1, 0.15) is 68.2 Å². The molecule has 2 heterocycles. The number of nitrogens with two attached hydrogens (primary N) is 1. The largest absolute Gasteiger partial charge is 0.481 e. The summed E-state index contributed by atoms with van der Waals surface area (Å²) in [6.07, 6.45) is 4.85. The second-order valence-electron chi connectivity index (χ2n) is 9.15. The summed E-state index contributed by atoms with van der Waals surface area (Å²) >= 11 is 3.53. The molecule has 2 aromatic rings. The van der Waals surface area contributed by atoms with E-state index in [0.29, 0.717) is 12.8 Å². The molecule has 2 aliphatic heterocycles. The molecule has 3 atom stereocenters. The predicted molar refractivity (Wildman–Crippen MR) is 162 cm³/mol. The maximum atomic E-state index is 12.8. The molecular weight excluding hydrogens is 546 g/mol. The van der Waals surface area contributed by atoms with Crippen molar-refractivity contribution in [1.29, 1.82) is 0 Å². The number of rotatable bonds is 5. The number of carboxylic acids is 2. The number of hydrogen-bond donors (Lipinski definition) is 6. The van der Waals surface area contributed by atoms with Crippen molar-refractivity contribution < 1.29 is 34.2 Å². The van der Waals surface area contributed by atoms with Gasteiger partial charge in [-0.2, -0.15) is 12.6 Å². The van der Waals surface area contributed by atoms with E-state index in [4.69, 9.17) is 15.0 Å². The number of benzene rings is 2. The number of carbonyl (C=O) groups excluding carboxylic acids is 3. The number of aryl methyl sites for hydroxylation is 1. The van der Waals surface area contributed by atoms with Gasteiger partial charge in [-0.3, -0.25) is 24.0 Å². The Kier molecular flexibility index (Phi) is 19.0. The minimum Gasteiger partial charge on any atom is -0.481 e. The molecule has 11 heteroatoms. The molecule has 4 rings (SSSR count). The average molecular weight is 590 g/mol. The normalized spacial score (nSPS) is 17.6. The van der Waals surface area contributed by atoms with Crippen LogP contribution in [0.3, 0.4) is 0 Å². The van der Waals surface area contributed by atoms with Gasteiger partial charge in [0.05, 0.1) is 0 Å². The third-order valence-corrected chi connectivity index (χ3v) is 6.25. The molecular formula is C30H43N3O7S. The maximum absolute atomic E-state index is 12.8. The van der Waals surface area contributed by atoms with Crippen LogP contribution < -0.4 is 16.4 Å². The lowest BCUT2D eigenvalue weighted by molar-refractivity contribution is -0.138. The standard InChI is InChI=1S/C25H30N2O4.C3H6O2.CH3NO.CH4S/c1-3-21-19-11-9-17(10-12-19)8-7-16(2)24(30)27-22(25(31)26-15-23(28)29)14-18-5-4-6-20(21)13-18;1-2-3(4)5;2-1-3;1-2/h4-6,9-13,16,21-22H,3,7-8,14-15H2,1-2H3,(H,26,31)(H,27,30)(H,28,29);2H2,1H3,(H,4,5);1H,(H2,2,3);2H,1H3/t16-,21?,22?;;;/m0.../s1. The molecule has 0 radical (unpaired) electrons. The molecule has 3 amide bonds. The van der Waals surface area contributed by atoms with Crippen LogP contribution in [0.15, 0.2) is 48.5 Å². The average Bonchev–Trinajstić information content (AvgIpc) is 2.97. The molecule has 226 valence electrons. The van der Waals surface area contributed by atoms with E-state index < -0.39 is 30.4 Å². The monoisotopic (exact) mass is 589 g/mol. The molecule has 0 aromatic heterocycles. The number of aliphatic carboxylic acids is 2. The highest BCUT2D eigenvalue weighted by atomic mass is 32.1. The van der Waals surface area contributed by atoms with E-state index in [9.17, 15) is 19.2 Å². The van der Waals surface area contributed by atoms with Crippen LogP contribution in [-0.2, 0) is 36.8 Å². The Hall–Kier alpha value is -3.86. The van der Waals surface area contributed by atoms with E-state index in [0.717, 1.165) is 24.0 Å². The van der Waals surface area contributed by atoms with E-state index in [2.05, 4.69) is 72.3 Å². The summed E-state index contributed by atoms with van der Waals surface area (Å²) < 4.78 is 0. The van der Waals surface area contributed by atoms with Crippen molar-refractivity contribution in [1.82, 2.24) is 10.6 Å². The highest BCUT2D eigenvalue weighted by molar-refractivity contribution is 7.79. The van der Waals surface area contributed by atoms with Crippen LogP contribution in [0.4, 0.5) is 0 Å². The third-order valence-electron chi connectivity index (χ3n) is 6.25. The van der Waals surface area contributed by atoms with Gasteiger partial charge in [-0.15, -0.1) is 0 Å². The Bertz CT molecular complexity index is 1110. The van der Waals surface area contributed by atoms with Gasteiger partial charge in [-0.1, -0.05) is 69.3 Å². The molecule has 10 nitrogen and oxygen atoms in total. The first-order chi connectivity index (χ1) is 19.6. The van der Waals surface area contributed by atoms with Gasteiger partial charge in [0.1, 0.15) is 12.6 Å². The molecule has 4 bridgehead atoms. The predicted octanol–water partition coefficient (Wildman–Crippen LogP) is 3.17. The molecule has 2 aromatic carbocycles. The summed E-state index contributed by atoms with van der Waals surface area (Å²) in [6, 6.07) is 15.8. The second kappa shape index (κ2) is 21.0. The highest BCUT2D eigenvalue weighted by Gasteiger charge is 2.25. The van der Waals surface area contributed by atoms with E-state index in [1.807, 2.05) is 19.1 Å². The molecule has 0 fully saturated rings. The lowest BCUT2D eigenvalue weighted by Gasteiger charge is -2.21. The number of hydrogen-bond acceptors (Lipinski definition) is 6. The molecule has 0 saturated carbocycles. The van der Waals surface area contributed by atoms with Gasteiger partial charge in [-0.25, -0.2) is 0 Å². The maximum Gasteiger partial charge on any atom is 0.322 e. The summed E-state index contributed by atoms with van der Waals surface area (Å²) in [5.41, 5.74) is 8.67. The van der Waals surface area contributed by atoms with Crippen molar-refractivity contribution in [3.8, 4) is 0 Å². The number of carboxylic acid groups (broad SMARTS) is 2. The Morgan fingerprint density at radius 1 is 1.02 bits per heavy atom. The van der Waals surface area contributed by atoms with E-state index in [1.54, 1.807) is 13.2 Å². The number of primary amides is 1. The van der Waals surface area contributed by atoms with Gasteiger partial charge in [0, 0.05) is 24.7 Å². The van der Waals surface area contributed by atoms with Gasteiger partial charge in [0.15, 0.2) is 0 Å². The molecule has 2 unspecified atom stereocenters. The van der Waals surface area contributed by atoms with Gasteiger partial charge >= 0.3 is 11.9 Å². The van der Waals surface area contributed by atoms with Crippen molar-refractivity contribution in [3.63, 3.8) is 0 Å². The molecule has 0 spiro atoms. The van der Waals surface area contributed by atoms with Crippen LogP contribution in [0.25, 0.3) is 0 Å². The number of nitrogens with one attached hydrogen (secondary N) is 2. The van der Waals surface area contributed by atoms with Gasteiger partial charge in [0.2, 0.25) is 18.2 Å². The summed E-state index contributed by atoms with van der Waals surface area (Å²) in [5.74, 6) is -2.59. The van der Waals surface area contributed by atoms with Crippen LogP contribution in [0.2, 0.25) is 0 Å². The number of fused-ring (bicyclic) bond motifs is 8. The Balaban J connectivity index is 0.00000140. The first-order valence-corrected chi connectivity index (χ1v) is 14.2. The zero-order chi connectivity index (χ0) is 31.4. The quantitative estimate of drug-likeness (QED) is 0.229. The molecule has 2 aliphatic rings. The molecule has 0 aliphatic carbocycles. The summed E-state index contributed by atoms with van der Waals surface area (Å²) in [5, 5.41) is 21.9. The minimum absolute atomic E-state index is 0.204. The zero-order valence-electron chi connectivity index (χ0n) is 24.1. The SMILES string of the molecule is CCC(=O)O.CCC1c2ccc(cc2)CC[C@H](C)C(=O)NC(C(=O)NCC(=O)O)Cc2cccc1c2.CS.NC=O. The smallest absolute Gasteiger partial charge is 0.322 e. The highest BCUT2D eigenvalue weighted by Crippen LogP contribution is 2.29. The Labute approximate surface area is 247 Å². The summed E-state index contributed by atoms with van der Waals surface area (Å²) in [7, 11) is 0. The summed E-state index contributed by atoms with van der Waals surface area (Å²) in [4.78, 5) is 54.3. The van der Waals surface area contributed by atoms with Crippen LogP contribution in [0.5, 0.6) is 0 Å². The lowest BCUT2D eigenvalue weighted by atomic mass is 9.87. The summed E-state index contributed by atoms with van der Waals surface area (Å²) in [6.45, 7) is 5.13. The van der Waals surface area contributed by atoms with Crippen molar-refractivity contribution in [2.45, 2.75) is 64.8 Å². The number of amides is 3. The van der Waals surface area contributed by atoms with Gasteiger partial charge in [-0.05, 0) is 47.8 Å². The van der Waals surface area contributed by atoms with Crippen LogP contribution in [-0.4, -0.2) is 59.2 Å². The van der Waals surface area contributed by atoms with Crippen molar-refractivity contribution in [3.05, 3.63) is 70.8 Å². The zero-order valence-corrected chi connectivity index (χ0v) is 25.0. The van der Waals surface area contributed by atoms with Crippen molar-refractivity contribution in [2.24, 2.45) is 11.7 Å². The van der Waals surface area contributed by atoms with E-state index in [-0.39, 0.29) is 30.6 Å². The van der Waals surface area contributed by atoms with E-state index in [1.165, 1.54) is 11.1 Å². The minimum atomic E-state index is -1.12. The lowest BCUT2D eigenvalue weighted by Crippen LogP contribution is -2.50. The fourth-order valence-electron chi connectivity index (χ4n) is 4.08. The van der Waals surface area contributed by atoms with Gasteiger partial charge < -0.3 is 26.6 Å². The first-order valence-electron chi connectivity index (χ1n) is 13.4. The Morgan fingerprint density at radius 2 is 1.61 bits per heavy atom. The van der Waals surface area contributed by atoms with Gasteiger partial charge in [0.25, 0.3) is 0 Å². The number of carbonyl (C=O) groups is 5. The molecule has 6 N–H and O–H groups in total. The fraction of sp³-hybridized carbons (Fsp3) is 0.433. The fourth-order valence-corrected chi connectivity index (χ4v) is 4.08. The topological polar surface area (TPSA) is 176 Å². The first kappa shape index (κ1) is 37.1. The number of thiol groups is 1. The second-order valence-corrected chi connectivity index (χ2v) is 9.15. The Morgan fingerprint density at radius 3 is 2.12 bits per heavy atom. The molecule has 0 saturated heterocycles. The van der Waals surface area contributed by atoms with E-state index >= 15 is 0 Å². The van der Waals surface area contributed by atoms with Crippen LogP contribution >= 0.6 is 12.6 Å². The molecule has 41 heavy (non-hydrogen) atoms. The van der Waals surface area contributed by atoms with Crippen LogP contribution in [0, 0.1) is 5.92 Å². The van der Waals surface area contributed by atoms with Crippen molar-refractivity contribution >= 4 is 42.8 Å². The van der Waals surface area contributed by atoms with Crippen molar-refractivity contribution in [2.75, 3.05) is 12.8 Å².